The summed E-state index contributed by atoms with van der Waals surface area (Å²) in [4.78, 5) is 17.9. The summed E-state index contributed by atoms with van der Waals surface area (Å²) in [6.45, 7) is 0.452. The summed E-state index contributed by atoms with van der Waals surface area (Å²) < 4.78 is 2.35. The van der Waals surface area contributed by atoms with E-state index in [1.165, 1.54) is 16.0 Å². The lowest BCUT2D eigenvalue weighted by Gasteiger charge is -2.07. The minimum absolute atomic E-state index is 0.119. The van der Waals surface area contributed by atoms with E-state index in [0.717, 1.165) is 32.4 Å². The van der Waals surface area contributed by atoms with Crippen LogP contribution in [0, 0.1) is 11.3 Å². The van der Waals surface area contributed by atoms with E-state index >= 15 is 0 Å². The van der Waals surface area contributed by atoms with Crippen LogP contribution in [-0.4, -0.2) is 14.8 Å². The first-order chi connectivity index (χ1) is 14.7. The Kier molecular flexibility index (Phi) is 4.58. The second kappa shape index (κ2) is 7.54. The molecule has 0 saturated heterocycles. The second-order valence-electron chi connectivity index (χ2n) is 7.00. The lowest BCUT2D eigenvalue weighted by atomic mass is 10.0. The first kappa shape index (κ1) is 18.2. The zero-order valence-corrected chi connectivity index (χ0v) is 16.8. The number of pyridine rings is 1. The summed E-state index contributed by atoms with van der Waals surface area (Å²) in [5, 5.41) is 17.3. The van der Waals surface area contributed by atoms with E-state index < -0.39 is 0 Å². The molecule has 5 aromatic rings. The fraction of sp³-hybridized carbons (Fsp3) is 0.0833. The van der Waals surface area contributed by atoms with E-state index in [4.69, 9.17) is 0 Å². The molecular weight excluding hydrogens is 392 g/mol. The van der Waals surface area contributed by atoms with Crippen molar-refractivity contribution in [2.75, 3.05) is 0 Å². The zero-order valence-electron chi connectivity index (χ0n) is 15.9. The zero-order chi connectivity index (χ0) is 20.5. The fourth-order valence-electron chi connectivity index (χ4n) is 3.59. The molecule has 2 aromatic carbocycles. The molecule has 0 aliphatic rings. The average molecular weight is 408 g/mol. The van der Waals surface area contributed by atoms with E-state index in [1.807, 2.05) is 53.9 Å². The molecule has 0 amide bonds. The van der Waals surface area contributed by atoms with E-state index in [0.29, 0.717) is 23.9 Å². The minimum atomic E-state index is -0.119. The SMILES string of the molecule is N#Cc1cccc(-c2csc3cnn(CCc4ccc5ccccc5n4)c(=O)c23)c1. The average Bonchev–Trinajstić information content (AvgIpc) is 3.23. The van der Waals surface area contributed by atoms with Crippen molar-refractivity contribution in [1.82, 2.24) is 14.8 Å². The number of benzene rings is 2. The van der Waals surface area contributed by atoms with Crippen LogP contribution in [0.25, 0.3) is 32.1 Å². The molecule has 0 aliphatic heterocycles. The molecule has 3 aromatic heterocycles. The van der Waals surface area contributed by atoms with Crippen LogP contribution in [-0.2, 0) is 13.0 Å². The van der Waals surface area contributed by atoms with Crippen molar-refractivity contribution in [1.29, 1.82) is 5.26 Å². The highest BCUT2D eigenvalue weighted by Crippen LogP contribution is 2.31. The summed E-state index contributed by atoms with van der Waals surface area (Å²) in [6, 6.07) is 21.5. The molecule has 0 N–H and O–H groups in total. The maximum absolute atomic E-state index is 13.2. The van der Waals surface area contributed by atoms with Crippen molar-refractivity contribution in [3.63, 3.8) is 0 Å². The number of hydrogen-bond donors (Lipinski definition) is 0. The van der Waals surface area contributed by atoms with Gasteiger partial charge in [-0.25, -0.2) is 4.68 Å². The van der Waals surface area contributed by atoms with Crippen molar-refractivity contribution in [3.05, 3.63) is 93.9 Å². The molecule has 0 atom stereocenters. The highest BCUT2D eigenvalue weighted by molar-refractivity contribution is 7.17. The summed E-state index contributed by atoms with van der Waals surface area (Å²) in [6.07, 6.45) is 2.36. The number of para-hydroxylation sites is 1. The molecule has 5 nitrogen and oxygen atoms in total. The highest BCUT2D eigenvalue weighted by atomic mass is 32.1. The largest absolute Gasteiger partial charge is 0.276 e. The number of aryl methyl sites for hydroxylation is 2. The number of thiophene rings is 1. The second-order valence-corrected chi connectivity index (χ2v) is 7.91. The Labute approximate surface area is 176 Å². The van der Waals surface area contributed by atoms with Gasteiger partial charge in [-0.3, -0.25) is 9.78 Å². The normalized spacial score (nSPS) is 11.0. The summed E-state index contributed by atoms with van der Waals surface area (Å²) in [7, 11) is 0. The van der Waals surface area contributed by atoms with Crippen molar-refractivity contribution in [3.8, 4) is 17.2 Å². The number of rotatable bonds is 4. The molecule has 0 aliphatic carbocycles. The molecular formula is C24H16N4OS. The third kappa shape index (κ3) is 3.25. The molecule has 0 spiro atoms. The van der Waals surface area contributed by atoms with Gasteiger partial charge in [0, 0.05) is 28.4 Å². The van der Waals surface area contributed by atoms with Gasteiger partial charge < -0.3 is 0 Å². The van der Waals surface area contributed by atoms with Gasteiger partial charge in [0.15, 0.2) is 0 Å². The molecule has 144 valence electrons. The first-order valence-corrected chi connectivity index (χ1v) is 10.4. The third-order valence-corrected chi connectivity index (χ3v) is 6.04. The van der Waals surface area contributed by atoms with E-state index in [2.05, 4.69) is 22.2 Å². The predicted molar refractivity (Wildman–Crippen MR) is 119 cm³/mol. The predicted octanol–water partition coefficient (Wildman–Crippen LogP) is 4.79. The highest BCUT2D eigenvalue weighted by Gasteiger charge is 2.13. The standard InChI is InChI=1S/C24H16N4OS/c25-13-16-4-3-6-18(12-16)20-15-30-22-14-26-28(24(29)23(20)22)11-10-19-9-8-17-5-1-2-7-21(17)27-19/h1-9,12,14-15H,10-11H2. The summed E-state index contributed by atoms with van der Waals surface area (Å²) in [5.41, 5.74) is 4.04. The Morgan fingerprint density at radius 1 is 1.07 bits per heavy atom. The van der Waals surface area contributed by atoms with Crippen LogP contribution >= 0.6 is 11.3 Å². The van der Waals surface area contributed by atoms with Crippen molar-refractivity contribution >= 4 is 32.3 Å². The Morgan fingerprint density at radius 3 is 2.87 bits per heavy atom. The van der Waals surface area contributed by atoms with Crippen molar-refractivity contribution < 1.29 is 0 Å². The molecule has 5 rings (SSSR count). The van der Waals surface area contributed by atoms with Crippen LogP contribution in [0.5, 0.6) is 0 Å². The van der Waals surface area contributed by atoms with Gasteiger partial charge in [-0.2, -0.15) is 10.4 Å². The van der Waals surface area contributed by atoms with Gasteiger partial charge in [-0.15, -0.1) is 11.3 Å². The van der Waals surface area contributed by atoms with Crippen LogP contribution in [0.4, 0.5) is 0 Å². The molecule has 0 fully saturated rings. The van der Waals surface area contributed by atoms with E-state index in [1.54, 1.807) is 12.3 Å². The lowest BCUT2D eigenvalue weighted by molar-refractivity contribution is 0.580. The Morgan fingerprint density at radius 2 is 1.97 bits per heavy atom. The monoisotopic (exact) mass is 408 g/mol. The number of fused-ring (bicyclic) bond motifs is 2. The maximum atomic E-state index is 13.2. The topological polar surface area (TPSA) is 71.6 Å². The molecule has 0 radical (unpaired) electrons. The van der Waals surface area contributed by atoms with Gasteiger partial charge in [-0.1, -0.05) is 36.4 Å². The van der Waals surface area contributed by atoms with E-state index in [-0.39, 0.29) is 5.56 Å². The molecule has 3 heterocycles. The molecule has 0 saturated carbocycles. The third-order valence-electron chi connectivity index (χ3n) is 5.12. The number of aromatic nitrogens is 3. The van der Waals surface area contributed by atoms with Gasteiger partial charge in [0.25, 0.3) is 5.56 Å². The number of hydrogen-bond acceptors (Lipinski definition) is 5. The van der Waals surface area contributed by atoms with Gasteiger partial charge >= 0.3 is 0 Å². The van der Waals surface area contributed by atoms with Crippen LogP contribution in [0.2, 0.25) is 0 Å². The lowest BCUT2D eigenvalue weighted by Crippen LogP contribution is -2.23. The fourth-order valence-corrected chi connectivity index (χ4v) is 4.51. The van der Waals surface area contributed by atoms with Crippen LogP contribution in [0.1, 0.15) is 11.3 Å². The van der Waals surface area contributed by atoms with Crippen LogP contribution in [0.15, 0.2) is 77.0 Å². The summed E-state index contributed by atoms with van der Waals surface area (Å²) >= 11 is 1.49. The number of nitrogens with zero attached hydrogens (tertiary/aromatic N) is 4. The molecule has 0 unspecified atom stereocenters. The number of nitriles is 1. The smallest absolute Gasteiger partial charge is 0.267 e. The first-order valence-electron chi connectivity index (χ1n) is 9.55. The minimum Gasteiger partial charge on any atom is -0.267 e. The van der Waals surface area contributed by atoms with Gasteiger partial charge in [0.05, 0.1) is 40.0 Å². The van der Waals surface area contributed by atoms with Crippen LogP contribution in [0.3, 0.4) is 0 Å². The van der Waals surface area contributed by atoms with Crippen LogP contribution < -0.4 is 5.56 Å². The Bertz CT molecular complexity index is 1490. The quantitative estimate of drug-likeness (QED) is 0.429. The van der Waals surface area contributed by atoms with Gasteiger partial charge in [0.2, 0.25) is 0 Å². The van der Waals surface area contributed by atoms with Gasteiger partial charge in [0.1, 0.15) is 0 Å². The van der Waals surface area contributed by atoms with E-state index in [9.17, 15) is 10.1 Å². The van der Waals surface area contributed by atoms with Crippen molar-refractivity contribution in [2.45, 2.75) is 13.0 Å². The molecule has 0 bridgehead atoms. The molecule has 6 heteroatoms. The Balaban J connectivity index is 1.50. The summed E-state index contributed by atoms with van der Waals surface area (Å²) in [5.74, 6) is 0. The van der Waals surface area contributed by atoms with Crippen molar-refractivity contribution in [2.24, 2.45) is 0 Å². The van der Waals surface area contributed by atoms with Gasteiger partial charge in [-0.05, 0) is 29.8 Å². The molecule has 30 heavy (non-hydrogen) atoms. The Hall–Kier alpha value is -3.82. The maximum Gasteiger partial charge on any atom is 0.276 e.